The molecule has 5 aliphatic carbocycles. The molecule has 26 atom stereocenters. The molecule has 4 saturated carbocycles. The van der Waals surface area contributed by atoms with Gasteiger partial charge in [-0.1, -0.05) is 72.3 Å². The number of aliphatic hydroxyl groups excluding tert-OH is 11. The van der Waals surface area contributed by atoms with Crippen LogP contribution in [0.3, 0.4) is 0 Å². The van der Waals surface area contributed by atoms with E-state index in [0.717, 1.165) is 5.57 Å². The number of hydrogen-bond donors (Lipinski definition) is 11. The molecule has 0 bridgehead atoms. The van der Waals surface area contributed by atoms with Crippen molar-refractivity contribution in [2.45, 2.75) is 225 Å². The van der Waals surface area contributed by atoms with Crippen LogP contribution >= 0.6 is 0 Å². The second-order valence-electron chi connectivity index (χ2n) is 26.3. The Morgan fingerprint density at radius 3 is 1.76 bits per heavy atom. The van der Waals surface area contributed by atoms with E-state index in [-0.39, 0.29) is 53.4 Å². The summed E-state index contributed by atoms with van der Waals surface area (Å²) in [6.45, 7) is 17.8. The number of ether oxygens (including phenoxy) is 8. The number of allylic oxidation sites excluding steroid dienone is 3. The summed E-state index contributed by atoms with van der Waals surface area (Å²) >= 11 is 0. The Kier molecular flexibility index (Phi) is 20.4. The Labute approximate surface area is 501 Å². The Hall–Kier alpha value is -2.05. The SMILES string of the molecule is C/C=C(/C)C(=O)O[C@H]1[C@H](OC(=O)/C(C)=C\C)[C@@]2(CO)C(CC1(C)C)C1=CCC3[C@@]4(C)CC[C@H](O[C@@H]5OC(C(=O)[O-])[C@H](O)[C@H](O[C@@H]6O[C@H](CO)C(O)[C@@H]6O)C5O[C@@H]5OC(CO)[C@H](CO)[C@H](O)C5O)C(C)(C)C4CC[C@@]3(C)[C@]1(C)[C@@H](O)[C@H]2O.[Na+]. The smallest absolute Gasteiger partial charge is 0.547 e. The van der Waals surface area contributed by atoms with Gasteiger partial charge in [0.2, 0.25) is 0 Å². The van der Waals surface area contributed by atoms with Gasteiger partial charge in [0.25, 0.3) is 0 Å². The van der Waals surface area contributed by atoms with Gasteiger partial charge < -0.3 is 104 Å². The van der Waals surface area contributed by atoms with E-state index < -0.39 is 199 Å². The number of fused-ring (bicyclic) bond motifs is 7. The minimum absolute atomic E-state index is 0. The average Bonchev–Trinajstić information content (AvgIpc) is 2.91. The predicted molar refractivity (Wildman–Crippen MR) is 279 cm³/mol. The van der Waals surface area contributed by atoms with Crippen LogP contribution in [0.2, 0.25) is 0 Å². The summed E-state index contributed by atoms with van der Waals surface area (Å²) in [7, 11) is 0. The van der Waals surface area contributed by atoms with E-state index in [2.05, 4.69) is 19.9 Å². The quantitative estimate of drug-likeness (QED) is 0.0246. The number of carbonyl (C=O) groups is 3. The first-order chi connectivity index (χ1) is 37.9. The normalized spacial score (nSPS) is 48.0. The molecule has 460 valence electrons. The van der Waals surface area contributed by atoms with Gasteiger partial charge in [0.1, 0.15) is 54.9 Å². The van der Waals surface area contributed by atoms with Crippen molar-refractivity contribution in [2.24, 2.45) is 56.2 Å². The average molecular weight is 1180 g/mol. The molecule has 8 unspecified atom stereocenters. The van der Waals surface area contributed by atoms with Gasteiger partial charge in [0, 0.05) is 27.9 Å². The maximum Gasteiger partial charge on any atom is 1.00 e. The van der Waals surface area contributed by atoms with E-state index >= 15 is 0 Å². The zero-order valence-electron chi connectivity index (χ0n) is 49.3. The van der Waals surface area contributed by atoms with Crippen LogP contribution in [0.4, 0.5) is 0 Å². The van der Waals surface area contributed by atoms with Gasteiger partial charge in [0.15, 0.2) is 25.0 Å². The molecule has 24 heteroatoms. The Morgan fingerprint density at radius 1 is 0.659 bits per heavy atom. The number of carboxylic acids is 1. The molecule has 3 saturated heterocycles. The van der Waals surface area contributed by atoms with Gasteiger partial charge in [0.05, 0.1) is 68.3 Å². The Bertz CT molecular complexity index is 2420. The van der Waals surface area contributed by atoms with E-state index in [0.29, 0.717) is 37.7 Å². The molecule has 3 heterocycles. The number of aliphatic carboxylic acids is 1. The van der Waals surface area contributed by atoms with Crippen molar-refractivity contribution in [3.8, 4) is 0 Å². The van der Waals surface area contributed by atoms with E-state index in [1.807, 2.05) is 34.6 Å². The summed E-state index contributed by atoms with van der Waals surface area (Å²) < 4.78 is 49.2. The standard InChI is InChI=1S/C58H90O23.Na/c1-12-25(3)48(72)80-45-46(81-49(73)26(4)13-2)58(24-62)29(20-53(45,5)6)28-14-15-33-55(9)18-17-34(54(7,8)32(55)16-19-56(33,10)57(28,11)43(68)44(58)69)76-52-42(79-50-37(65)35(63)27(21-59)30(22-60)74-50)40(39(67)41(78-52)47(70)71)77-51-38(66)36(64)31(23-61)75-51;/h12-14,27,29-46,50-52,59-69H,15-24H2,1-11H3,(H,70,71);/q;+1/p-1/b25-12-,26-13-;/t27-,29?,30?,31+,32?,33?,34-,35-,36?,37?,38-,39+,40-,41?,42?,43-,44+,45-,46-,50-,51-,52+,55-,56+,57-,58-;/m0./s1. The molecule has 3 aliphatic heterocycles. The van der Waals surface area contributed by atoms with E-state index in [1.165, 1.54) is 0 Å². The molecular formula is C58H89NaO23. The first-order valence-corrected chi connectivity index (χ1v) is 28.6. The van der Waals surface area contributed by atoms with Crippen molar-refractivity contribution in [3.63, 3.8) is 0 Å². The fourth-order valence-electron chi connectivity index (χ4n) is 16.5. The first kappa shape index (κ1) is 67.5. The zero-order chi connectivity index (χ0) is 60.0. The number of hydrogen-bond acceptors (Lipinski definition) is 23. The van der Waals surface area contributed by atoms with Crippen LogP contribution in [0.1, 0.15) is 115 Å². The van der Waals surface area contributed by atoms with E-state index in [1.54, 1.807) is 39.8 Å². The van der Waals surface area contributed by atoms with Crippen molar-refractivity contribution >= 4 is 17.9 Å². The van der Waals surface area contributed by atoms with Crippen LogP contribution in [-0.4, -0.2) is 211 Å². The van der Waals surface area contributed by atoms with E-state index in [9.17, 15) is 75.7 Å². The fraction of sp³-hybridized carbons (Fsp3) is 0.845. The van der Waals surface area contributed by atoms with Crippen LogP contribution in [0.25, 0.3) is 0 Å². The molecule has 8 aliphatic rings. The summed E-state index contributed by atoms with van der Waals surface area (Å²) in [5.41, 5.74) is -4.45. The molecule has 23 nitrogen and oxygen atoms in total. The van der Waals surface area contributed by atoms with Gasteiger partial charge in [-0.2, -0.15) is 0 Å². The van der Waals surface area contributed by atoms with Gasteiger partial charge in [-0.15, -0.1) is 0 Å². The monoisotopic (exact) mass is 1180 g/mol. The summed E-state index contributed by atoms with van der Waals surface area (Å²) in [5, 5.41) is 136. The number of aliphatic hydroxyl groups is 11. The second kappa shape index (κ2) is 24.8. The fourth-order valence-corrected chi connectivity index (χ4v) is 16.5. The number of carbonyl (C=O) groups excluding carboxylic acids is 3. The summed E-state index contributed by atoms with van der Waals surface area (Å²) in [5.74, 6) is -5.45. The molecule has 0 amide bonds. The summed E-state index contributed by atoms with van der Waals surface area (Å²) in [6, 6.07) is 0. The van der Waals surface area contributed by atoms with Gasteiger partial charge in [-0.3, -0.25) is 0 Å². The molecule has 0 aromatic rings. The minimum Gasteiger partial charge on any atom is -0.547 e. The third-order valence-corrected chi connectivity index (χ3v) is 21.7. The van der Waals surface area contributed by atoms with Gasteiger partial charge in [-0.25, -0.2) is 9.59 Å². The van der Waals surface area contributed by atoms with Crippen molar-refractivity contribution < 1.29 is 143 Å². The minimum atomic E-state index is -2.18. The molecule has 0 radical (unpaired) electrons. The van der Waals surface area contributed by atoms with Crippen molar-refractivity contribution in [3.05, 3.63) is 34.9 Å². The topological polar surface area (TPSA) is 371 Å². The molecule has 0 aromatic carbocycles. The van der Waals surface area contributed by atoms with Crippen molar-refractivity contribution in [2.75, 3.05) is 26.4 Å². The molecule has 0 spiro atoms. The third-order valence-electron chi connectivity index (χ3n) is 21.7. The van der Waals surface area contributed by atoms with Crippen LogP contribution in [0.5, 0.6) is 0 Å². The van der Waals surface area contributed by atoms with Gasteiger partial charge >= 0.3 is 41.5 Å². The van der Waals surface area contributed by atoms with Crippen LogP contribution in [-0.2, 0) is 52.3 Å². The number of esters is 2. The third kappa shape index (κ3) is 10.7. The summed E-state index contributed by atoms with van der Waals surface area (Å²) in [6.07, 6.45) is -22.0. The Balaban J connectivity index is 0.00000968. The van der Waals surface area contributed by atoms with Gasteiger partial charge in [-0.05, 0) is 100 Å². The number of rotatable bonds is 15. The zero-order valence-corrected chi connectivity index (χ0v) is 51.3. The first-order valence-electron chi connectivity index (χ1n) is 28.6. The second-order valence-corrected chi connectivity index (χ2v) is 26.3. The molecule has 7 fully saturated rings. The Morgan fingerprint density at radius 2 is 1.22 bits per heavy atom. The van der Waals surface area contributed by atoms with Crippen molar-refractivity contribution in [1.29, 1.82) is 0 Å². The molecule has 11 N–H and O–H groups in total. The molecule has 8 rings (SSSR count). The van der Waals surface area contributed by atoms with Crippen LogP contribution in [0.15, 0.2) is 34.9 Å². The van der Waals surface area contributed by atoms with Crippen molar-refractivity contribution in [1.82, 2.24) is 0 Å². The number of carboxylic acid groups (broad SMARTS) is 1. The molecule has 82 heavy (non-hydrogen) atoms. The maximum absolute atomic E-state index is 13.9. The van der Waals surface area contributed by atoms with Crippen LogP contribution < -0.4 is 34.7 Å². The van der Waals surface area contributed by atoms with E-state index in [4.69, 9.17) is 37.9 Å². The maximum atomic E-state index is 13.9. The molecule has 0 aromatic heterocycles. The summed E-state index contributed by atoms with van der Waals surface area (Å²) in [4.78, 5) is 40.3. The largest absolute Gasteiger partial charge is 1.00 e. The predicted octanol–water partition coefficient (Wildman–Crippen LogP) is -3.82. The van der Waals surface area contributed by atoms with Crippen LogP contribution in [0, 0.1) is 56.2 Å². The molecular weight excluding hydrogens is 1090 g/mol.